The van der Waals surface area contributed by atoms with Gasteiger partial charge in [-0.25, -0.2) is 8.42 Å². The number of rotatable bonds is 11. The number of carbonyl (C=O) groups is 2. The summed E-state index contributed by atoms with van der Waals surface area (Å²) in [6, 6.07) is 26.7. The third-order valence-corrected chi connectivity index (χ3v) is 10.0. The third kappa shape index (κ3) is 8.90. The predicted molar refractivity (Wildman–Crippen MR) is 186 cm³/mol. The van der Waals surface area contributed by atoms with Gasteiger partial charge in [0.15, 0.2) is 0 Å². The van der Waals surface area contributed by atoms with Gasteiger partial charge in [0, 0.05) is 18.5 Å². The predicted octanol–water partition coefficient (Wildman–Crippen LogP) is 7.36. The monoisotopic (exact) mass is 679 g/mol. The maximum Gasteiger partial charge on any atom is 0.264 e. The summed E-state index contributed by atoms with van der Waals surface area (Å²) in [5.74, 6) is -0.929. The molecule has 46 heavy (non-hydrogen) atoms. The minimum absolute atomic E-state index is 0.0169. The number of sulfonamides is 1. The summed E-state index contributed by atoms with van der Waals surface area (Å²) >= 11 is 12.5. The van der Waals surface area contributed by atoms with Crippen molar-refractivity contribution in [2.45, 2.75) is 64.1 Å². The van der Waals surface area contributed by atoms with Crippen LogP contribution in [0.5, 0.6) is 0 Å². The minimum Gasteiger partial charge on any atom is -0.350 e. The van der Waals surface area contributed by atoms with Crippen LogP contribution in [0.1, 0.15) is 43.0 Å². The highest BCUT2D eigenvalue weighted by molar-refractivity contribution is 7.92. The van der Waals surface area contributed by atoms with Crippen LogP contribution in [0.4, 0.5) is 5.69 Å². The van der Waals surface area contributed by atoms with E-state index in [1.807, 2.05) is 71.0 Å². The summed E-state index contributed by atoms with van der Waals surface area (Å²) in [5, 5.41) is 3.68. The molecule has 4 rings (SSSR count). The number of benzene rings is 4. The Balaban J connectivity index is 1.84. The van der Waals surface area contributed by atoms with E-state index < -0.39 is 34.1 Å². The Kier molecular flexibility index (Phi) is 11.2. The molecule has 1 atom stereocenters. The summed E-state index contributed by atoms with van der Waals surface area (Å²) in [6.45, 7) is 8.85. The zero-order chi connectivity index (χ0) is 33.6. The van der Waals surface area contributed by atoms with Crippen LogP contribution in [-0.4, -0.2) is 43.3 Å². The van der Waals surface area contributed by atoms with E-state index in [-0.39, 0.29) is 23.8 Å². The van der Waals surface area contributed by atoms with Gasteiger partial charge in [0.25, 0.3) is 10.0 Å². The number of halogens is 2. The highest BCUT2D eigenvalue weighted by atomic mass is 35.5. The smallest absolute Gasteiger partial charge is 0.264 e. The van der Waals surface area contributed by atoms with Gasteiger partial charge in [-0.05, 0) is 93.3 Å². The van der Waals surface area contributed by atoms with Crippen molar-refractivity contribution in [3.63, 3.8) is 0 Å². The van der Waals surface area contributed by atoms with Gasteiger partial charge < -0.3 is 10.2 Å². The number of aryl methyl sites for hydroxylation is 2. The van der Waals surface area contributed by atoms with E-state index in [2.05, 4.69) is 5.32 Å². The number of nitrogens with one attached hydrogen (secondary N) is 1. The van der Waals surface area contributed by atoms with Crippen molar-refractivity contribution in [3.8, 4) is 0 Å². The Morgan fingerprint density at radius 1 is 0.783 bits per heavy atom. The van der Waals surface area contributed by atoms with E-state index in [1.54, 1.807) is 48.5 Å². The Bertz CT molecular complexity index is 1790. The molecule has 0 spiro atoms. The van der Waals surface area contributed by atoms with E-state index >= 15 is 0 Å². The molecule has 1 N–H and O–H groups in total. The second-order valence-corrected chi connectivity index (χ2v) is 15.0. The second kappa shape index (κ2) is 14.7. The SMILES string of the molecule is Cc1ccc(N(CC(=O)N(Cc2ccc(Cl)c(Cl)c2)[C@H](Cc2ccccc2)C(=O)NC(C)(C)C)S(=O)(=O)c2ccccc2)cc1C. The molecular weight excluding hydrogens is 641 g/mol. The average Bonchev–Trinajstić information content (AvgIpc) is 3.00. The molecule has 4 aromatic rings. The van der Waals surface area contributed by atoms with Crippen molar-refractivity contribution in [2.24, 2.45) is 0 Å². The van der Waals surface area contributed by atoms with Gasteiger partial charge in [0.2, 0.25) is 11.8 Å². The lowest BCUT2D eigenvalue weighted by atomic mass is 10.0. The Labute approximate surface area is 282 Å². The standard InChI is InChI=1S/C36H39Cl2N3O4S/c1-25-16-18-29(20-26(25)2)41(46(44,45)30-14-10-7-11-15-30)24-34(42)40(23-28-17-19-31(37)32(38)21-28)33(35(43)39-36(3,4)5)22-27-12-8-6-9-13-27/h6-21,33H,22-24H2,1-5H3,(H,39,43)/t33-/m1/s1. The van der Waals surface area contributed by atoms with Crippen LogP contribution in [-0.2, 0) is 32.6 Å². The maximum atomic E-state index is 14.6. The van der Waals surface area contributed by atoms with Crippen molar-refractivity contribution >= 4 is 50.7 Å². The first-order valence-corrected chi connectivity index (χ1v) is 17.1. The van der Waals surface area contributed by atoms with E-state index in [0.29, 0.717) is 21.3 Å². The molecule has 0 saturated heterocycles. The molecule has 0 aliphatic heterocycles. The van der Waals surface area contributed by atoms with Gasteiger partial charge in [-0.3, -0.25) is 13.9 Å². The summed E-state index contributed by atoms with van der Waals surface area (Å²) < 4.78 is 29.4. The van der Waals surface area contributed by atoms with Crippen LogP contribution in [0, 0.1) is 13.8 Å². The van der Waals surface area contributed by atoms with E-state index in [0.717, 1.165) is 21.0 Å². The fourth-order valence-corrected chi connectivity index (χ4v) is 6.72. The first-order valence-electron chi connectivity index (χ1n) is 14.9. The van der Waals surface area contributed by atoms with E-state index in [4.69, 9.17) is 23.2 Å². The molecule has 0 aliphatic carbocycles. The summed E-state index contributed by atoms with van der Waals surface area (Å²) in [6.07, 6.45) is 0.199. The van der Waals surface area contributed by atoms with Crippen molar-refractivity contribution < 1.29 is 18.0 Å². The number of anilines is 1. The third-order valence-electron chi connectivity index (χ3n) is 7.49. The Morgan fingerprint density at radius 2 is 1.41 bits per heavy atom. The second-order valence-electron chi connectivity index (χ2n) is 12.3. The highest BCUT2D eigenvalue weighted by Gasteiger charge is 2.35. The number of nitrogens with zero attached hydrogens (tertiary/aromatic N) is 2. The Hall–Kier alpha value is -3.85. The average molecular weight is 681 g/mol. The molecule has 0 heterocycles. The molecule has 10 heteroatoms. The lowest BCUT2D eigenvalue weighted by Gasteiger charge is -2.35. The van der Waals surface area contributed by atoms with Gasteiger partial charge >= 0.3 is 0 Å². The number of amides is 2. The first-order chi connectivity index (χ1) is 21.7. The molecule has 2 amide bonds. The zero-order valence-electron chi connectivity index (χ0n) is 26.6. The van der Waals surface area contributed by atoms with Crippen LogP contribution in [0.3, 0.4) is 0 Å². The van der Waals surface area contributed by atoms with E-state index in [9.17, 15) is 18.0 Å². The highest BCUT2D eigenvalue weighted by Crippen LogP contribution is 2.28. The van der Waals surface area contributed by atoms with Crippen molar-refractivity contribution in [2.75, 3.05) is 10.8 Å². The molecule has 0 aliphatic rings. The lowest BCUT2D eigenvalue weighted by Crippen LogP contribution is -2.56. The molecule has 4 aromatic carbocycles. The summed E-state index contributed by atoms with van der Waals surface area (Å²) in [5.41, 5.74) is 3.08. The normalized spacial score (nSPS) is 12.3. The van der Waals surface area contributed by atoms with Crippen LogP contribution in [0.15, 0.2) is 102 Å². The van der Waals surface area contributed by atoms with Gasteiger partial charge in [0.05, 0.1) is 20.6 Å². The minimum atomic E-state index is -4.18. The summed E-state index contributed by atoms with van der Waals surface area (Å²) in [4.78, 5) is 30.1. The molecule has 0 unspecified atom stereocenters. The van der Waals surface area contributed by atoms with Gasteiger partial charge in [0.1, 0.15) is 12.6 Å². The van der Waals surface area contributed by atoms with Gasteiger partial charge in [-0.15, -0.1) is 0 Å². The van der Waals surface area contributed by atoms with Crippen molar-refractivity contribution in [3.05, 3.63) is 129 Å². The van der Waals surface area contributed by atoms with Crippen LogP contribution < -0.4 is 9.62 Å². The molecule has 0 saturated carbocycles. The number of hydrogen-bond donors (Lipinski definition) is 1. The summed E-state index contributed by atoms with van der Waals surface area (Å²) in [7, 11) is -4.18. The van der Waals surface area contributed by atoms with Crippen molar-refractivity contribution in [1.29, 1.82) is 0 Å². The van der Waals surface area contributed by atoms with E-state index in [1.165, 1.54) is 17.0 Å². The van der Waals surface area contributed by atoms with Crippen LogP contribution in [0.25, 0.3) is 0 Å². The molecule has 0 bridgehead atoms. The van der Waals surface area contributed by atoms with Gasteiger partial charge in [-0.2, -0.15) is 0 Å². The van der Waals surface area contributed by atoms with Crippen LogP contribution >= 0.6 is 23.2 Å². The maximum absolute atomic E-state index is 14.6. The first kappa shape index (κ1) is 35.0. The molecule has 242 valence electrons. The molecule has 0 aromatic heterocycles. The van der Waals surface area contributed by atoms with Gasteiger partial charge in [-0.1, -0.05) is 83.9 Å². The zero-order valence-corrected chi connectivity index (χ0v) is 29.0. The molecule has 0 fully saturated rings. The number of carbonyl (C=O) groups excluding carboxylic acids is 2. The molecular formula is C36H39Cl2N3O4S. The Morgan fingerprint density at radius 3 is 2.00 bits per heavy atom. The fourth-order valence-electron chi connectivity index (χ4n) is 4.97. The topological polar surface area (TPSA) is 86.8 Å². The van der Waals surface area contributed by atoms with Crippen LogP contribution in [0.2, 0.25) is 10.0 Å². The quantitative estimate of drug-likeness (QED) is 0.179. The lowest BCUT2D eigenvalue weighted by molar-refractivity contribution is -0.140. The fraction of sp³-hybridized carbons (Fsp3) is 0.278. The largest absolute Gasteiger partial charge is 0.350 e. The number of hydrogen-bond acceptors (Lipinski definition) is 4. The molecule has 0 radical (unpaired) electrons. The molecule has 7 nitrogen and oxygen atoms in total. The van der Waals surface area contributed by atoms with Crippen molar-refractivity contribution in [1.82, 2.24) is 10.2 Å².